The molecule has 0 aromatic heterocycles. The van der Waals surface area contributed by atoms with Gasteiger partial charge in [-0.1, -0.05) is 31.5 Å². The molecule has 1 aromatic rings. The smallest absolute Gasteiger partial charge is 0.411 e. The van der Waals surface area contributed by atoms with E-state index in [2.05, 4.69) is 6.92 Å². The molecule has 1 aromatic carbocycles. The zero-order valence-electron chi connectivity index (χ0n) is 14.2. The molecule has 0 bridgehead atoms. The van der Waals surface area contributed by atoms with Gasteiger partial charge in [0.1, 0.15) is 12.2 Å². The summed E-state index contributed by atoms with van der Waals surface area (Å²) in [4.78, 5) is 25.9. The molecule has 1 fully saturated rings. The Morgan fingerprint density at radius 3 is 2.35 bits per heavy atom. The molecule has 0 radical (unpaired) electrons. The SMILES string of the molecule is CCC[C@@H]1[C@@H](COC(=O)c2ccccc2)N1C(=O)OC(C)(C)C. The van der Waals surface area contributed by atoms with Crippen LogP contribution in [0.1, 0.15) is 50.9 Å². The number of benzene rings is 1. The molecule has 0 N–H and O–H groups in total. The largest absolute Gasteiger partial charge is 0.460 e. The lowest BCUT2D eigenvalue weighted by atomic mass is 10.2. The number of carbonyl (C=O) groups is 2. The fourth-order valence-electron chi connectivity index (χ4n) is 2.56. The molecule has 1 heterocycles. The molecular formula is C18H25NO4. The van der Waals surface area contributed by atoms with Crippen molar-refractivity contribution in [1.29, 1.82) is 0 Å². The van der Waals surface area contributed by atoms with E-state index in [0.717, 1.165) is 12.8 Å². The first kappa shape index (κ1) is 17.3. The van der Waals surface area contributed by atoms with Crippen LogP contribution in [0.5, 0.6) is 0 Å². The van der Waals surface area contributed by atoms with Crippen LogP contribution in [0.2, 0.25) is 0 Å². The molecule has 5 nitrogen and oxygen atoms in total. The number of carbonyl (C=O) groups excluding carboxylic acids is 2. The van der Waals surface area contributed by atoms with Crippen molar-refractivity contribution in [2.45, 2.75) is 58.2 Å². The molecule has 23 heavy (non-hydrogen) atoms. The highest BCUT2D eigenvalue weighted by Gasteiger charge is 2.52. The normalized spacial score (nSPS) is 20.1. The third-order valence-electron chi connectivity index (χ3n) is 3.65. The second-order valence-electron chi connectivity index (χ2n) is 6.78. The lowest BCUT2D eigenvalue weighted by Gasteiger charge is -2.20. The number of hydrogen-bond donors (Lipinski definition) is 0. The molecule has 0 aliphatic carbocycles. The average molecular weight is 319 g/mol. The van der Waals surface area contributed by atoms with Crippen LogP contribution in [0.25, 0.3) is 0 Å². The maximum atomic E-state index is 12.2. The standard InChI is InChI=1S/C18H25NO4/c1-5-9-14-15(19(14)17(21)23-18(2,3)4)12-22-16(20)13-10-7-6-8-11-13/h6-8,10-11,14-15H,5,9,12H2,1-4H3/t14-,15-,19?/m1/s1. The van der Waals surface area contributed by atoms with Crippen LogP contribution in [0.4, 0.5) is 4.79 Å². The minimum absolute atomic E-state index is 0.0857. The Morgan fingerprint density at radius 1 is 1.13 bits per heavy atom. The van der Waals surface area contributed by atoms with Crippen molar-refractivity contribution in [3.05, 3.63) is 35.9 Å². The molecule has 1 aliphatic rings. The van der Waals surface area contributed by atoms with Gasteiger partial charge < -0.3 is 9.47 Å². The molecule has 126 valence electrons. The maximum Gasteiger partial charge on any atom is 0.411 e. The molecule has 1 saturated heterocycles. The predicted octanol–water partition coefficient (Wildman–Crippen LogP) is 3.63. The second-order valence-corrected chi connectivity index (χ2v) is 6.78. The Hall–Kier alpha value is -2.04. The van der Waals surface area contributed by atoms with Gasteiger partial charge in [-0.3, -0.25) is 4.90 Å². The number of ether oxygens (including phenoxy) is 2. The predicted molar refractivity (Wildman–Crippen MR) is 87.3 cm³/mol. The number of esters is 1. The first-order chi connectivity index (χ1) is 10.8. The highest BCUT2D eigenvalue weighted by atomic mass is 16.6. The monoisotopic (exact) mass is 319 g/mol. The van der Waals surface area contributed by atoms with Crippen LogP contribution in [0, 0.1) is 0 Å². The lowest BCUT2D eigenvalue weighted by Crippen LogP contribution is -2.29. The summed E-state index contributed by atoms with van der Waals surface area (Å²) in [6.45, 7) is 7.80. The van der Waals surface area contributed by atoms with Crippen molar-refractivity contribution in [3.63, 3.8) is 0 Å². The van der Waals surface area contributed by atoms with Gasteiger partial charge in [0, 0.05) is 0 Å². The van der Waals surface area contributed by atoms with Crippen LogP contribution in [0.15, 0.2) is 30.3 Å². The zero-order chi connectivity index (χ0) is 17.0. The van der Waals surface area contributed by atoms with E-state index in [1.165, 1.54) is 0 Å². The second kappa shape index (κ2) is 7.02. The van der Waals surface area contributed by atoms with Gasteiger partial charge in [-0.2, -0.15) is 0 Å². The zero-order valence-corrected chi connectivity index (χ0v) is 14.2. The van der Waals surface area contributed by atoms with Gasteiger partial charge in [0.05, 0.1) is 17.6 Å². The molecule has 0 unspecified atom stereocenters. The van der Waals surface area contributed by atoms with Crippen LogP contribution in [-0.4, -0.2) is 41.3 Å². The van der Waals surface area contributed by atoms with E-state index < -0.39 is 5.60 Å². The van der Waals surface area contributed by atoms with Gasteiger partial charge in [-0.25, -0.2) is 9.59 Å². The van der Waals surface area contributed by atoms with Crippen LogP contribution in [-0.2, 0) is 9.47 Å². The van der Waals surface area contributed by atoms with E-state index >= 15 is 0 Å². The fourth-order valence-corrected chi connectivity index (χ4v) is 2.56. The fraction of sp³-hybridized carbons (Fsp3) is 0.556. The van der Waals surface area contributed by atoms with Crippen molar-refractivity contribution in [3.8, 4) is 0 Å². The van der Waals surface area contributed by atoms with Gasteiger partial charge in [0.2, 0.25) is 0 Å². The van der Waals surface area contributed by atoms with E-state index in [9.17, 15) is 9.59 Å². The van der Waals surface area contributed by atoms with E-state index in [4.69, 9.17) is 9.47 Å². The summed E-state index contributed by atoms with van der Waals surface area (Å²) in [5.41, 5.74) is -0.00849. The number of nitrogens with zero attached hydrogens (tertiary/aromatic N) is 1. The van der Waals surface area contributed by atoms with E-state index in [0.29, 0.717) is 5.56 Å². The maximum absolute atomic E-state index is 12.2. The molecule has 5 heteroatoms. The highest BCUT2D eigenvalue weighted by molar-refractivity contribution is 5.89. The Labute approximate surface area is 137 Å². The van der Waals surface area contributed by atoms with Gasteiger partial charge in [0.15, 0.2) is 0 Å². The minimum Gasteiger partial charge on any atom is -0.460 e. The first-order valence-corrected chi connectivity index (χ1v) is 8.07. The van der Waals surface area contributed by atoms with Gasteiger partial charge >= 0.3 is 12.1 Å². The summed E-state index contributed by atoms with van der Waals surface area (Å²) >= 11 is 0. The van der Waals surface area contributed by atoms with Crippen molar-refractivity contribution in [2.24, 2.45) is 0 Å². The summed E-state index contributed by atoms with van der Waals surface area (Å²) in [7, 11) is 0. The Balaban J connectivity index is 1.90. The minimum atomic E-state index is -0.526. The summed E-state index contributed by atoms with van der Waals surface area (Å²) in [5.74, 6) is -0.364. The third kappa shape index (κ3) is 4.71. The van der Waals surface area contributed by atoms with Crippen molar-refractivity contribution < 1.29 is 19.1 Å². The summed E-state index contributed by atoms with van der Waals surface area (Å²) in [6.07, 6.45) is 1.51. The van der Waals surface area contributed by atoms with Gasteiger partial charge in [-0.15, -0.1) is 0 Å². The van der Waals surface area contributed by atoms with Crippen LogP contribution in [0.3, 0.4) is 0 Å². The summed E-state index contributed by atoms with van der Waals surface area (Å²) in [5, 5.41) is 0. The quantitative estimate of drug-likeness (QED) is 0.614. The molecular weight excluding hydrogens is 294 g/mol. The molecule has 0 saturated carbocycles. The molecule has 0 spiro atoms. The molecule has 2 atom stereocenters. The number of amides is 1. The summed E-state index contributed by atoms with van der Waals surface area (Å²) in [6, 6.07) is 8.87. The Kier molecular flexibility index (Phi) is 5.29. The molecule has 2 rings (SSSR count). The average Bonchev–Trinajstić information content (AvgIpc) is 3.17. The van der Waals surface area contributed by atoms with Gasteiger partial charge in [0.25, 0.3) is 0 Å². The van der Waals surface area contributed by atoms with E-state index in [1.54, 1.807) is 29.2 Å². The van der Waals surface area contributed by atoms with Crippen molar-refractivity contribution in [2.75, 3.05) is 6.61 Å². The Morgan fingerprint density at radius 2 is 1.78 bits per heavy atom. The van der Waals surface area contributed by atoms with Crippen molar-refractivity contribution in [1.82, 2.24) is 4.90 Å². The third-order valence-corrected chi connectivity index (χ3v) is 3.65. The molecule has 1 aliphatic heterocycles. The first-order valence-electron chi connectivity index (χ1n) is 8.07. The number of rotatable bonds is 5. The Bertz CT molecular complexity index is 550. The van der Waals surface area contributed by atoms with Crippen molar-refractivity contribution >= 4 is 12.1 Å². The summed E-state index contributed by atoms with van der Waals surface area (Å²) < 4.78 is 10.8. The lowest BCUT2D eigenvalue weighted by molar-refractivity contribution is 0.0340. The van der Waals surface area contributed by atoms with E-state index in [1.807, 2.05) is 26.8 Å². The van der Waals surface area contributed by atoms with Crippen LogP contribution >= 0.6 is 0 Å². The topological polar surface area (TPSA) is 55.6 Å². The highest BCUT2D eigenvalue weighted by Crippen LogP contribution is 2.34. The van der Waals surface area contributed by atoms with Crippen LogP contribution < -0.4 is 0 Å². The van der Waals surface area contributed by atoms with Gasteiger partial charge in [-0.05, 0) is 39.3 Å². The van der Waals surface area contributed by atoms with E-state index in [-0.39, 0.29) is 30.8 Å². The molecule has 1 amide bonds. The number of hydrogen-bond acceptors (Lipinski definition) is 4.